The molecular formula is C29H32N4O4S. The summed E-state index contributed by atoms with van der Waals surface area (Å²) in [6, 6.07) is 17.2. The minimum absolute atomic E-state index is 0.171. The first-order valence-corrected chi connectivity index (χ1v) is 13.1. The van der Waals surface area contributed by atoms with E-state index in [4.69, 9.17) is 13.9 Å². The van der Waals surface area contributed by atoms with Crippen LogP contribution in [0.3, 0.4) is 0 Å². The number of anilines is 1. The number of amides is 1. The Morgan fingerprint density at radius 1 is 1.08 bits per heavy atom. The molecule has 9 heteroatoms. The molecule has 2 heterocycles. The quantitative estimate of drug-likeness (QED) is 0.184. The molecule has 0 bridgehead atoms. The molecule has 0 saturated carbocycles. The summed E-state index contributed by atoms with van der Waals surface area (Å²) in [6.45, 7) is 5.03. The van der Waals surface area contributed by atoms with Crippen LogP contribution >= 0.6 is 11.8 Å². The van der Waals surface area contributed by atoms with E-state index in [9.17, 15) is 4.79 Å². The standard InChI is InChI=1S/C29H32N4O4S/c1-20(2)19-37-25-13-10-22(15-26(25)35-5)16-27-28(34)33(18-24-7-6-14-36-24)29(38-27)31-30-17-21-8-11-23(12-9-21)32(3)4/h6-17,20H,18-19H2,1-5H3/b27-16-,30-17-,31-29+. The van der Waals surface area contributed by atoms with Crippen molar-refractivity contribution in [3.63, 3.8) is 0 Å². The molecule has 0 atom stereocenters. The van der Waals surface area contributed by atoms with Crippen LogP contribution in [-0.2, 0) is 11.3 Å². The molecule has 1 saturated heterocycles. The number of hydrogen-bond acceptors (Lipinski definition) is 8. The van der Waals surface area contributed by atoms with Crippen molar-refractivity contribution in [2.75, 3.05) is 32.7 Å². The Kier molecular flexibility index (Phi) is 8.91. The van der Waals surface area contributed by atoms with Crippen molar-refractivity contribution in [3.05, 3.63) is 82.7 Å². The second kappa shape index (κ2) is 12.5. The maximum Gasteiger partial charge on any atom is 0.267 e. The molecule has 8 nitrogen and oxygen atoms in total. The van der Waals surface area contributed by atoms with E-state index >= 15 is 0 Å². The summed E-state index contributed by atoms with van der Waals surface area (Å²) < 4.78 is 16.9. The van der Waals surface area contributed by atoms with E-state index in [2.05, 4.69) is 24.1 Å². The minimum Gasteiger partial charge on any atom is -0.493 e. The number of rotatable bonds is 10. The largest absolute Gasteiger partial charge is 0.493 e. The predicted octanol–water partition coefficient (Wildman–Crippen LogP) is 5.90. The Morgan fingerprint density at radius 2 is 1.84 bits per heavy atom. The summed E-state index contributed by atoms with van der Waals surface area (Å²) >= 11 is 1.27. The van der Waals surface area contributed by atoms with E-state index in [-0.39, 0.29) is 12.5 Å². The molecule has 3 aromatic rings. The van der Waals surface area contributed by atoms with Gasteiger partial charge in [0, 0.05) is 19.8 Å². The molecule has 1 amide bonds. The number of ether oxygens (including phenoxy) is 2. The monoisotopic (exact) mass is 532 g/mol. The van der Waals surface area contributed by atoms with Gasteiger partial charge in [0.05, 0.1) is 37.6 Å². The zero-order valence-electron chi connectivity index (χ0n) is 22.2. The van der Waals surface area contributed by atoms with Gasteiger partial charge in [-0.3, -0.25) is 9.69 Å². The third-order valence-corrected chi connectivity index (χ3v) is 6.60. The molecule has 1 aliphatic heterocycles. The van der Waals surface area contributed by atoms with Crippen molar-refractivity contribution in [2.45, 2.75) is 20.4 Å². The molecule has 198 valence electrons. The lowest BCUT2D eigenvalue weighted by Crippen LogP contribution is -2.28. The van der Waals surface area contributed by atoms with Gasteiger partial charge in [0.2, 0.25) is 0 Å². The van der Waals surface area contributed by atoms with Gasteiger partial charge in [-0.2, -0.15) is 5.10 Å². The highest BCUT2D eigenvalue weighted by Gasteiger charge is 2.34. The lowest BCUT2D eigenvalue weighted by atomic mass is 10.1. The van der Waals surface area contributed by atoms with Crippen LogP contribution in [0.4, 0.5) is 5.69 Å². The van der Waals surface area contributed by atoms with E-state index in [1.54, 1.807) is 30.6 Å². The van der Waals surface area contributed by atoms with Crippen LogP contribution < -0.4 is 14.4 Å². The van der Waals surface area contributed by atoms with E-state index in [1.807, 2.05) is 73.6 Å². The van der Waals surface area contributed by atoms with Gasteiger partial charge in [-0.15, -0.1) is 5.10 Å². The minimum atomic E-state index is -0.171. The number of carbonyl (C=O) groups is 1. The van der Waals surface area contributed by atoms with Gasteiger partial charge in [0.1, 0.15) is 5.76 Å². The SMILES string of the molecule is COc1cc(/C=C2\S/C(=N/N=C\c3ccc(N(C)C)cc3)N(Cc3ccco3)C2=O)ccc1OCC(C)C. The van der Waals surface area contributed by atoms with Crippen LogP contribution in [-0.4, -0.2) is 50.0 Å². The van der Waals surface area contributed by atoms with Crippen LogP contribution in [0.5, 0.6) is 11.5 Å². The summed E-state index contributed by atoms with van der Waals surface area (Å²) in [5, 5.41) is 9.13. The summed E-state index contributed by atoms with van der Waals surface area (Å²) in [4.78, 5) is 17.5. The fourth-order valence-corrected chi connectivity index (χ4v) is 4.52. The maximum atomic E-state index is 13.4. The van der Waals surface area contributed by atoms with Crippen LogP contribution in [0.15, 0.2) is 80.4 Å². The number of nitrogens with zero attached hydrogens (tertiary/aromatic N) is 4. The number of benzene rings is 2. The first kappa shape index (κ1) is 27.1. The Labute approximate surface area is 227 Å². The molecule has 0 aliphatic carbocycles. The molecule has 2 aromatic carbocycles. The molecule has 0 unspecified atom stereocenters. The Morgan fingerprint density at radius 3 is 2.50 bits per heavy atom. The summed E-state index contributed by atoms with van der Waals surface area (Å²) in [6.07, 6.45) is 5.08. The first-order valence-electron chi connectivity index (χ1n) is 12.3. The Bertz CT molecular complexity index is 1330. The molecular weight excluding hydrogens is 500 g/mol. The fourth-order valence-electron chi connectivity index (χ4n) is 3.58. The lowest BCUT2D eigenvalue weighted by Gasteiger charge is -2.13. The van der Waals surface area contributed by atoms with Gasteiger partial charge in [-0.05, 0) is 71.3 Å². The third kappa shape index (κ3) is 6.86. The maximum absolute atomic E-state index is 13.4. The highest BCUT2D eigenvalue weighted by atomic mass is 32.2. The second-order valence-corrected chi connectivity index (χ2v) is 10.3. The van der Waals surface area contributed by atoms with Gasteiger partial charge in [0.25, 0.3) is 5.91 Å². The Hall–Kier alpha value is -3.98. The van der Waals surface area contributed by atoms with Crippen LogP contribution in [0.1, 0.15) is 30.7 Å². The van der Waals surface area contributed by atoms with E-state index < -0.39 is 0 Å². The van der Waals surface area contributed by atoms with Gasteiger partial charge >= 0.3 is 0 Å². The number of amidine groups is 1. The molecule has 0 spiro atoms. The summed E-state index contributed by atoms with van der Waals surface area (Å²) in [7, 11) is 5.59. The first-order chi connectivity index (χ1) is 18.3. The number of carbonyl (C=O) groups excluding carboxylic acids is 1. The summed E-state index contributed by atoms with van der Waals surface area (Å²) in [5.74, 6) is 2.16. The molecule has 4 rings (SSSR count). The van der Waals surface area contributed by atoms with Gasteiger partial charge in [0.15, 0.2) is 16.7 Å². The zero-order chi connectivity index (χ0) is 27.1. The van der Waals surface area contributed by atoms with Gasteiger partial charge in [-0.1, -0.05) is 32.0 Å². The van der Waals surface area contributed by atoms with Crippen molar-refractivity contribution in [1.82, 2.24) is 4.90 Å². The van der Waals surface area contributed by atoms with Crippen molar-refractivity contribution in [3.8, 4) is 11.5 Å². The average Bonchev–Trinajstić information content (AvgIpc) is 3.52. The predicted molar refractivity (Wildman–Crippen MR) is 154 cm³/mol. The molecule has 1 aromatic heterocycles. The molecule has 1 aliphatic rings. The van der Waals surface area contributed by atoms with E-state index in [0.717, 1.165) is 16.8 Å². The fraction of sp³-hybridized carbons (Fsp3) is 0.276. The number of hydrogen-bond donors (Lipinski definition) is 0. The Balaban J connectivity index is 1.58. The number of thioether (sulfide) groups is 1. The van der Waals surface area contributed by atoms with E-state index in [1.165, 1.54) is 11.8 Å². The normalized spacial score (nSPS) is 15.8. The molecule has 0 radical (unpaired) electrons. The lowest BCUT2D eigenvalue weighted by molar-refractivity contribution is -0.122. The van der Waals surface area contributed by atoms with Crippen molar-refractivity contribution in [1.29, 1.82) is 0 Å². The molecule has 38 heavy (non-hydrogen) atoms. The third-order valence-electron chi connectivity index (χ3n) is 5.60. The average molecular weight is 533 g/mol. The van der Waals surface area contributed by atoms with Crippen molar-refractivity contribution >= 4 is 40.8 Å². The van der Waals surface area contributed by atoms with E-state index in [0.29, 0.717) is 39.9 Å². The van der Waals surface area contributed by atoms with Gasteiger partial charge < -0.3 is 18.8 Å². The number of furan rings is 1. The van der Waals surface area contributed by atoms with Crippen molar-refractivity contribution in [2.24, 2.45) is 16.1 Å². The smallest absolute Gasteiger partial charge is 0.267 e. The molecule has 0 N–H and O–H groups in total. The van der Waals surface area contributed by atoms with Crippen molar-refractivity contribution < 1.29 is 18.7 Å². The topological polar surface area (TPSA) is 79.9 Å². The summed E-state index contributed by atoms with van der Waals surface area (Å²) in [5.41, 5.74) is 2.83. The van der Waals surface area contributed by atoms with Gasteiger partial charge in [-0.25, -0.2) is 0 Å². The highest BCUT2D eigenvalue weighted by Crippen LogP contribution is 2.35. The molecule has 1 fully saturated rings. The highest BCUT2D eigenvalue weighted by molar-refractivity contribution is 8.18. The van der Waals surface area contributed by atoms with Crippen LogP contribution in [0, 0.1) is 5.92 Å². The zero-order valence-corrected chi connectivity index (χ0v) is 23.1. The van der Waals surface area contributed by atoms with Crippen LogP contribution in [0.25, 0.3) is 6.08 Å². The van der Waals surface area contributed by atoms with Crippen LogP contribution in [0.2, 0.25) is 0 Å². The second-order valence-electron chi connectivity index (χ2n) is 9.31. The number of methoxy groups -OCH3 is 1.